The highest BCUT2D eigenvalue weighted by Crippen LogP contribution is 2.22. The van der Waals surface area contributed by atoms with Crippen molar-refractivity contribution in [3.05, 3.63) is 24.0 Å². The Morgan fingerprint density at radius 1 is 1.29 bits per heavy atom. The molecule has 17 heavy (non-hydrogen) atoms. The van der Waals surface area contributed by atoms with E-state index in [1.165, 1.54) is 12.1 Å². The van der Waals surface area contributed by atoms with Gasteiger partial charge in [-0.15, -0.1) is 0 Å². The van der Waals surface area contributed by atoms with Gasteiger partial charge in [0, 0.05) is 23.9 Å². The molecule has 1 aliphatic rings. The standard InChI is InChI=1S/C13H19FN2O/c1-16-5-3-11(4-6-16)15-12-7-10(14)8-13(9-12)17-2/h7-9,11,15H,3-6H2,1-2H3. The molecule has 0 spiro atoms. The van der Waals surface area contributed by atoms with Crippen molar-refractivity contribution in [3.8, 4) is 5.75 Å². The van der Waals surface area contributed by atoms with Crippen molar-refractivity contribution in [3.63, 3.8) is 0 Å². The van der Waals surface area contributed by atoms with Crippen molar-refractivity contribution in [1.82, 2.24) is 4.90 Å². The molecule has 0 aromatic heterocycles. The maximum atomic E-state index is 13.3. The second-order valence-electron chi connectivity index (χ2n) is 4.60. The van der Waals surface area contributed by atoms with Crippen LogP contribution in [0, 0.1) is 5.82 Å². The Hall–Kier alpha value is -1.29. The molecule has 1 N–H and O–H groups in total. The molecule has 0 aliphatic carbocycles. The molecular formula is C13H19FN2O. The molecule has 1 fully saturated rings. The van der Waals surface area contributed by atoms with Crippen molar-refractivity contribution in [1.29, 1.82) is 0 Å². The molecule has 0 atom stereocenters. The van der Waals surface area contributed by atoms with Crippen LogP contribution < -0.4 is 10.1 Å². The molecule has 0 saturated carbocycles. The number of methoxy groups -OCH3 is 1. The minimum absolute atomic E-state index is 0.264. The summed E-state index contributed by atoms with van der Waals surface area (Å²) in [4.78, 5) is 2.31. The number of anilines is 1. The van der Waals surface area contributed by atoms with Gasteiger partial charge in [0.05, 0.1) is 7.11 Å². The Morgan fingerprint density at radius 3 is 2.65 bits per heavy atom. The van der Waals surface area contributed by atoms with Crippen LogP contribution in [0.4, 0.5) is 10.1 Å². The minimum atomic E-state index is -0.264. The minimum Gasteiger partial charge on any atom is -0.497 e. The van der Waals surface area contributed by atoms with Crippen LogP contribution in [0.5, 0.6) is 5.75 Å². The summed E-state index contributed by atoms with van der Waals surface area (Å²) in [5.41, 5.74) is 0.802. The number of likely N-dealkylation sites (tertiary alicyclic amines) is 1. The SMILES string of the molecule is COc1cc(F)cc(NC2CCN(C)CC2)c1. The van der Waals surface area contributed by atoms with Crippen LogP contribution in [0.25, 0.3) is 0 Å². The smallest absolute Gasteiger partial charge is 0.128 e. The van der Waals surface area contributed by atoms with E-state index < -0.39 is 0 Å². The summed E-state index contributed by atoms with van der Waals surface area (Å²) in [5, 5.41) is 3.37. The van der Waals surface area contributed by atoms with Crippen LogP contribution in [0.3, 0.4) is 0 Å². The molecule has 2 rings (SSSR count). The van der Waals surface area contributed by atoms with Crippen LogP contribution in [-0.4, -0.2) is 38.2 Å². The van der Waals surface area contributed by atoms with Gasteiger partial charge >= 0.3 is 0 Å². The van der Waals surface area contributed by atoms with E-state index in [0.717, 1.165) is 31.6 Å². The Labute approximate surface area is 102 Å². The molecule has 1 aliphatic heterocycles. The van der Waals surface area contributed by atoms with E-state index in [1.54, 1.807) is 7.11 Å². The topological polar surface area (TPSA) is 24.5 Å². The van der Waals surface area contributed by atoms with Gasteiger partial charge in [-0.25, -0.2) is 4.39 Å². The second kappa shape index (κ2) is 5.36. The molecule has 1 aromatic rings. The highest BCUT2D eigenvalue weighted by atomic mass is 19.1. The average Bonchev–Trinajstić information content (AvgIpc) is 2.31. The van der Waals surface area contributed by atoms with Crippen molar-refractivity contribution < 1.29 is 9.13 Å². The molecule has 1 aromatic carbocycles. The number of piperidine rings is 1. The molecule has 0 amide bonds. The van der Waals surface area contributed by atoms with Gasteiger partial charge < -0.3 is 15.0 Å². The van der Waals surface area contributed by atoms with Gasteiger partial charge in [0.2, 0.25) is 0 Å². The number of hydrogen-bond acceptors (Lipinski definition) is 3. The average molecular weight is 238 g/mol. The van der Waals surface area contributed by atoms with Gasteiger partial charge in [0.25, 0.3) is 0 Å². The summed E-state index contributed by atoms with van der Waals surface area (Å²) in [5.74, 6) is 0.292. The third-order valence-corrected chi connectivity index (χ3v) is 3.20. The lowest BCUT2D eigenvalue weighted by Gasteiger charge is -2.30. The van der Waals surface area contributed by atoms with Crippen molar-refractivity contribution >= 4 is 5.69 Å². The fraction of sp³-hybridized carbons (Fsp3) is 0.538. The third kappa shape index (κ3) is 3.33. The summed E-state index contributed by atoms with van der Waals surface area (Å²) < 4.78 is 18.4. The van der Waals surface area contributed by atoms with Gasteiger partial charge in [-0.3, -0.25) is 0 Å². The fourth-order valence-corrected chi connectivity index (χ4v) is 2.15. The number of ether oxygens (including phenoxy) is 1. The summed E-state index contributed by atoms with van der Waals surface area (Å²) >= 11 is 0. The van der Waals surface area contributed by atoms with Crippen LogP contribution >= 0.6 is 0 Å². The summed E-state index contributed by atoms with van der Waals surface area (Å²) in [6.45, 7) is 2.17. The highest BCUT2D eigenvalue weighted by molar-refractivity contribution is 5.49. The normalized spacial score (nSPS) is 18.1. The zero-order chi connectivity index (χ0) is 12.3. The van der Waals surface area contributed by atoms with Gasteiger partial charge in [-0.05, 0) is 39.0 Å². The summed E-state index contributed by atoms with van der Waals surface area (Å²) in [6.07, 6.45) is 2.19. The summed E-state index contributed by atoms with van der Waals surface area (Å²) in [7, 11) is 3.68. The highest BCUT2D eigenvalue weighted by Gasteiger charge is 2.16. The van der Waals surface area contributed by atoms with Crippen LogP contribution in [0.1, 0.15) is 12.8 Å². The molecular weight excluding hydrogens is 219 g/mol. The third-order valence-electron chi connectivity index (χ3n) is 3.20. The van der Waals surface area contributed by atoms with Crippen molar-refractivity contribution in [2.24, 2.45) is 0 Å². The molecule has 94 valence electrons. The lowest BCUT2D eigenvalue weighted by molar-refractivity contribution is 0.264. The first-order chi connectivity index (χ1) is 8.17. The molecule has 0 bridgehead atoms. The predicted molar refractivity (Wildman–Crippen MR) is 67.1 cm³/mol. The van der Waals surface area contributed by atoms with E-state index in [4.69, 9.17) is 4.74 Å². The Kier molecular flexibility index (Phi) is 3.84. The van der Waals surface area contributed by atoms with Crippen molar-refractivity contribution in [2.45, 2.75) is 18.9 Å². The van der Waals surface area contributed by atoms with E-state index >= 15 is 0 Å². The van der Waals surface area contributed by atoms with Gasteiger partial charge in [0.1, 0.15) is 11.6 Å². The number of benzene rings is 1. The van der Waals surface area contributed by atoms with Crippen LogP contribution in [-0.2, 0) is 0 Å². The van der Waals surface area contributed by atoms with Gasteiger partial charge in [0.15, 0.2) is 0 Å². The van der Waals surface area contributed by atoms with E-state index in [1.807, 2.05) is 6.07 Å². The number of nitrogens with one attached hydrogen (secondary N) is 1. The first-order valence-electron chi connectivity index (χ1n) is 5.97. The Balaban J connectivity index is 2.00. The maximum absolute atomic E-state index is 13.3. The first kappa shape index (κ1) is 12.2. The predicted octanol–water partition coefficient (Wildman–Crippen LogP) is 2.34. The van der Waals surface area contributed by atoms with Crippen LogP contribution in [0.2, 0.25) is 0 Å². The van der Waals surface area contributed by atoms with E-state index in [-0.39, 0.29) is 5.82 Å². The Morgan fingerprint density at radius 2 is 2.00 bits per heavy atom. The molecule has 0 radical (unpaired) electrons. The summed E-state index contributed by atoms with van der Waals surface area (Å²) in [6, 6.07) is 5.17. The number of nitrogens with zero attached hydrogens (tertiary/aromatic N) is 1. The van der Waals surface area contributed by atoms with E-state index in [9.17, 15) is 4.39 Å². The lowest BCUT2D eigenvalue weighted by atomic mass is 10.1. The lowest BCUT2D eigenvalue weighted by Crippen LogP contribution is -2.36. The van der Waals surface area contributed by atoms with Gasteiger partial charge in [-0.1, -0.05) is 0 Å². The largest absolute Gasteiger partial charge is 0.497 e. The first-order valence-corrected chi connectivity index (χ1v) is 5.97. The van der Waals surface area contributed by atoms with Crippen LogP contribution in [0.15, 0.2) is 18.2 Å². The molecule has 0 unspecified atom stereocenters. The second-order valence-corrected chi connectivity index (χ2v) is 4.60. The Bertz CT molecular complexity index is 376. The number of rotatable bonds is 3. The molecule has 3 nitrogen and oxygen atoms in total. The number of halogens is 1. The molecule has 4 heteroatoms. The quantitative estimate of drug-likeness (QED) is 0.874. The van der Waals surface area contributed by atoms with E-state index in [2.05, 4.69) is 17.3 Å². The fourth-order valence-electron chi connectivity index (χ4n) is 2.15. The molecule has 1 saturated heterocycles. The maximum Gasteiger partial charge on any atom is 0.128 e. The van der Waals surface area contributed by atoms with E-state index in [0.29, 0.717) is 11.8 Å². The zero-order valence-electron chi connectivity index (χ0n) is 10.4. The van der Waals surface area contributed by atoms with Crippen molar-refractivity contribution in [2.75, 3.05) is 32.6 Å². The molecule has 1 heterocycles. The number of hydrogen-bond donors (Lipinski definition) is 1. The zero-order valence-corrected chi connectivity index (χ0v) is 10.4. The monoisotopic (exact) mass is 238 g/mol. The van der Waals surface area contributed by atoms with Gasteiger partial charge in [-0.2, -0.15) is 0 Å².